The molecule has 1 saturated carbocycles. The number of carbonyl (C=O) groups excluding carboxylic acids is 1. The number of nitrogens with two attached hydrogens (primary N) is 2. The van der Waals surface area contributed by atoms with Crippen molar-refractivity contribution in [2.75, 3.05) is 6.61 Å². The van der Waals surface area contributed by atoms with E-state index >= 15 is 0 Å². The monoisotopic (exact) mass is 244 g/mol. The van der Waals surface area contributed by atoms with Gasteiger partial charge in [-0.2, -0.15) is 11.8 Å². The summed E-state index contributed by atoms with van der Waals surface area (Å²) in [6.07, 6.45) is 3.87. The summed E-state index contributed by atoms with van der Waals surface area (Å²) in [4.78, 5) is 11.2. The zero-order valence-corrected chi connectivity index (χ0v) is 10.5. The molecular weight excluding hydrogens is 224 g/mol. The van der Waals surface area contributed by atoms with E-state index in [-0.39, 0.29) is 5.91 Å². The van der Waals surface area contributed by atoms with E-state index in [1.54, 1.807) is 0 Å². The van der Waals surface area contributed by atoms with Gasteiger partial charge in [-0.25, -0.2) is 0 Å². The Bertz CT molecular complexity index is 287. The van der Waals surface area contributed by atoms with Crippen molar-refractivity contribution in [1.82, 2.24) is 0 Å². The van der Waals surface area contributed by atoms with Gasteiger partial charge >= 0.3 is 0 Å². The SMILES string of the molecule is CC1OCCC1SC1CCC(N)(C(N)=O)C1. The van der Waals surface area contributed by atoms with E-state index in [1.807, 2.05) is 11.8 Å². The summed E-state index contributed by atoms with van der Waals surface area (Å²) < 4.78 is 5.53. The summed E-state index contributed by atoms with van der Waals surface area (Å²) in [6.45, 7) is 2.97. The average molecular weight is 244 g/mol. The standard InChI is InChI=1S/C11H20N2O2S/c1-7-9(3-5-15-7)16-8-2-4-11(13,6-8)10(12)14/h7-9H,2-6,13H2,1H3,(H2,12,14). The van der Waals surface area contributed by atoms with E-state index < -0.39 is 5.54 Å². The fraction of sp³-hybridized carbons (Fsp3) is 0.909. The average Bonchev–Trinajstić information content (AvgIpc) is 2.77. The molecule has 4 unspecified atom stereocenters. The van der Waals surface area contributed by atoms with Crippen LogP contribution >= 0.6 is 11.8 Å². The highest BCUT2D eigenvalue weighted by atomic mass is 32.2. The van der Waals surface area contributed by atoms with Gasteiger partial charge in [0.15, 0.2) is 0 Å². The number of thioether (sulfide) groups is 1. The summed E-state index contributed by atoms with van der Waals surface area (Å²) in [5.74, 6) is -0.355. The molecule has 2 fully saturated rings. The minimum absolute atomic E-state index is 0.325. The molecule has 0 aromatic carbocycles. The Hall–Kier alpha value is -0.260. The van der Waals surface area contributed by atoms with Gasteiger partial charge < -0.3 is 16.2 Å². The van der Waals surface area contributed by atoms with Gasteiger partial charge in [0, 0.05) is 17.1 Å². The van der Waals surface area contributed by atoms with E-state index in [2.05, 4.69) is 6.92 Å². The van der Waals surface area contributed by atoms with Gasteiger partial charge in [0.2, 0.25) is 5.91 Å². The first-order chi connectivity index (χ1) is 7.51. The van der Waals surface area contributed by atoms with Gasteiger partial charge in [0.1, 0.15) is 0 Å². The van der Waals surface area contributed by atoms with Crippen molar-refractivity contribution in [3.05, 3.63) is 0 Å². The summed E-state index contributed by atoms with van der Waals surface area (Å²) in [5.41, 5.74) is 10.6. The lowest BCUT2D eigenvalue weighted by Crippen LogP contribution is -2.50. The molecule has 4 nitrogen and oxygen atoms in total. The van der Waals surface area contributed by atoms with Crippen LogP contribution in [0.25, 0.3) is 0 Å². The molecule has 0 spiro atoms. The van der Waals surface area contributed by atoms with Crippen LogP contribution in [0.3, 0.4) is 0 Å². The molecule has 4 atom stereocenters. The van der Waals surface area contributed by atoms with Crippen molar-refractivity contribution in [3.8, 4) is 0 Å². The van der Waals surface area contributed by atoms with Gasteiger partial charge in [-0.1, -0.05) is 0 Å². The Kier molecular flexibility index (Phi) is 3.47. The van der Waals surface area contributed by atoms with Gasteiger partial charge in [-0.15, -0.1) is 0 Å². The van der Waals surface area contributed by atoms with E-state index in [9.17, 15) is 4.79 Å². The highest BCUT2D eigenvalue weighted by Crippen LogP contribution is 2.40. The molecule has 0 aromatic heterocycles. The molecule has 4 N–H and O–H groups in total. The molecule has 0 aromatic rings. The van der Waals surface area contributed by atoms with Crippen LogP contribution in [-0.4, -0.2) is 34.7 Å². The van der Waals surface area contributed by atoms with Crippen LogP contribution in [-0.2, 0) is 9.53 Å². The minimum Gasteiger partial charge on any atom is -0.377 e. The summed E-state index contributed by atoms with van der Waals surface area (Å²) in [5, 5.41) is 1.02. The third-order valence-electron chi connectivity index (χ3n) is 3.67. The quantitative estimate of drug-likeness (QED) is 0.763. The van der Waals surface area contributed by atoms with Crippen LogP contribution < -0.4 is 11.5 Å². The second-order valence-corrected chi connectivity index (χ2v) is 6.47. The number of carbonyl (C=O) groups is 1. The number of amides is 1. The molecule has 0 bridgehead atoms. The van der Waals surface area contributed by atoms with Crippen LogP contribution in [0.4, 0.5) is 0 Å². The second-order valence-electron chi connectivity index (χ2n) is 4.92. The van der Waals surface area contributed by atoms with Crippen LogP contribution in [0, 0.1) is 0 Å². The zero-order chi connectivity index (χ0) is 11.8. The molecule has 0 radical (unpaired) electrons. The Labute approximate surface area is 100 Å². The third kappa shape index (κ3) is 2.36. The van der Waals surface area contributed by atoms with Crippen molar-refractivity contribution >= 4 is 17.7 Å². The van der Waals surface area contributed by atoms with Gasteiger partial charge in [-0.3, -0.25) is 4.79 Å². The number of rotatable bonds is 3. The zero-order valence-electron chi connectivity index (χ0n) is 9.65. The molecule has 1 amide bonds. The molecule has 5 heteroatoms. The lowest BCUT2D eigenvalue weighted by molar-refractivity contribution is -0.122. The Balaban J connectivity index is 1.87. The largest absolute Gasteiger partial charge is 0.377 e. The fourth-order valence-corrected chi connectivity index (χ4v) is 4.18. The number of hydrogen-bond donors (Lipinski definition) is 2. The minimum atomic E-state index is -0.764. The van der Waals surface area contributed by atoms with Crippen molar-refractivity contribution in [3.63, 3.8) is 0 Å². The molecule has 1 aliphatic heterocycles. The van der Waals surface area contributed by atoms with Gasteiger partial charge in [-0.05, 0) is 32.6 Å². The molecule has 16 heavy (non-hydrogen) atoms. The molecular formula is C11H20N2O2S. The first-order valence-electron chi connectivity index (χ1n) is 5.87. The molecule has 1 heterocycles. The molecule has 92 valence electrons. The lowest BCUT2D eigenvalue weighted by atomic mass is 9.99. The predicted octanol–water partition coefficient (Wildman–Crippen LogP) is 0.632. The van der Waals surface area contributed by atoms with Crippen molar-refractivity contribution < 1.29 is 9.53 Å². The third-order valence-corrected chi connectivity index (χ3v) is 5.42. The van der Waals surface area contributed by atoms with E-state index in [4.69, 9.17) is 16.2 Å². The first kappa shape index (κ1) is 12.2. The summed E-state index contributed by atoms with van der Waals surface area (Å²) in [7, 11) is 0. The van der Waals surface area contributed by atoms with Crippen LogP contribution in [0.1, 0.15) is 32.6 Å². The van der Waals surface area contributed by atoms with Crippen LogP contribution in [0.15, 0.2) is 0 Å². The van der Waals surface area contributed by atoms with Gasteiger partial charge in [0.05, 0.1) is 11.6 Å². The molecule has 1 saturated heterocycles. The number of primary amides is 1. The van der Waals surface area contributed by atoms with Crippen molar-refractivity contribution in [2.45, 2.75) is 54.7 Å². The Morgan fingerprint density at radius 1 is 1.50 bits per heavy atom. The van der Waals surface area contributed by atoms with Crippen LogP contribution in [0.2, 0.25) is 0 Å². The maximum atomic E-state index is 11.2. The molecule has 2 rings (SSSR count). The maximum Gasteiger partial charge on any atom is 0.237 e. The van der Waals surface area contributed by atoms with E-state index in [0.717, 1.165) is 32.3 Å². The topological polar surface area (TPSA) is 78.3 Å². The fourth-order valence-electron chi connectivity index (χ4n) is 2.51. The normalized spacial score (nSPS) is 43.8. The second kappa shape index (κ2) is 4.55. The van der Waals surface area contributed by atoms with Crippen LogP contribution in [0.5, 0.6) is 0 Å². The highest BCUT2D eigenvalue weighted by Gasteiger charge is 2.42. The summed E-state index contributed by atoms with van der Waals surface area (Å²) in [6, 6.07) is 0. The number of ether oxygens (including phenoxy) is 1. The molecule has 2 aliphatic rings. The Morgan fingerprint density at radius 3 is 2.75 bits per heavy atom. The first-order valence-corrected chi connectivity index (χ1v) is 6.81. The Morgan fingerprint density at radius 2 is 2.25 bits per heavy atom. The van der Waals surface area contributed by atoms with E-state index in [1.165, 1.54) is 0 Å². The smallest absolute Gasteiger partial charge is 0.237 e. The summed E-state index contributed by atoms with van der Waals surface area (Å²) >= 11 is 1.93. The van der Waals surface area contributed by atoms with E-state index in [0.29, 0.717) is 16.6 Å². The van der Waals surface area contributed by atoms with Gasteiger partial charge in [0.25, 0.3) is 0 Å². The van der Waals surface area contributed by atoms with Crippen molar-refractivity contribution in [2.24, 2.45) is 11.5 Å². The maximum absolute atomic E-state index is 11.2. The number of hydrogen-bond acceptors (Lipinski definition) is 4. The molecule has 1 aliphatic carbocycles. The van der Waals surface area contributed by atoms with Crippen molar-refractivity contribution in [1.29, 1.82) is 0 Å². The lowest BCUT2D eigenvalue weighted by Gasteiger charge is -2.21. The highest BCUT2D eigenvalue weighted by molar-refractivity contribution is 8.00. The predicted molar refractivity (Wildman–Crippen MR) is 65.2 cm³/mol.